The number of rotatable bonds is 4. The maximum absolute atomic E-state index is 11.5. The lowest BCUT2D eigenvalue weighted by Gasteiger charge is -2.52. The van der Waals surface area contributed by atoms with E-state index < -0.39 is 80.9 Å². The highest BCUT2D eigenvalue weighted by Gasteiger charge is 2.76. The summed E-state index contributed by atoms with van der Waals surface area (Å²) >= 11 is 0. The molecule has 12 atom stereocenters. The molecule has 27 heavy (non-hydrogen) atoms. The predicted molar refractivity (Wildman–Crippen MR) is 76.4 cm³/mol. The number of aliphatic hydroxyl groups is 10. The molecule has 0 aliphatic carbocycles. The van der Waals surface area contributed by atoms with Crippen LogP contribution >= 0.6 is 8.03 Å². The molecular weight excluding hydrogens is 399 g/mol. The smallest absolute Gasteiger partial charge is 0.405 e. The molecule has 2 aliphatic heterocycles. The van der Waals surface area contributed by atoms with Crippen molar-refractivity contribution in [3.8, 4) is 0 Å². The molecule has 0 aromatic rings. The molecule has 0 spiro atoms. The Morgan fingerprint density at radius 3 is 2.04 bits per heavy atom. The predicted octanol–water partition coefficient (Wildman–Crippen LogP) is -7.26. The molecule has 2 unspecified atom stereocenters. The van der Waals surface area contributed by atoms with Crippen molar-refractivity contribution in [3.63, 3.8) is 0 Å². The Bertz CT molecular complexity index is 564. The van der Waals surface area contributed by atoms with E-state index in [1.165, 1.54) is 0 Å². The average Bonchev–Trinajstić information content (AvgIpc) is 2.63. The lowest BCUT2D eigenvalue weighted by molar-refractivity contribution is -0.399. The number of ether oxygens (including phenoxy) is 2. The van der Waals surface area contributed by atoms with Gasteiger partial charge in [0, 0.05) is 0 Å². The normalized spacial score (nSPS) is 53.1. The Hall–Kier alpha value is -0.420. The molecule has 14 nitrogen and oxygen atoms in total. The second kappa shape index (κ2) is 7.78. The van der Waals surface area contributed by atoms with Gasteiger partial charge in [0.05, 0.1) is 6.61 Å². The monoisotopic (exact) mass is 420 g/mol. The van der Waals surface area contributed by atoms with Crippen molar-refractivity contribution in [3.05, 3.63) is 0 Å². The summed E-state index contributed by atoms with van der Waals surface area (Å²) < 4.78 is 20.8. The van der Waals surface area contributed by atoms with E-state index in [0.717, 1.165) is 0 Å². The Morgan fingerprint density at radius 1 is 1.00 bits per heavy atom. The van der Waals surface area contributed by atoms with Gasteiger partial charge in [-0.15, -0.1) is 0 Å². The number of aliphatic hydroxyl groups excluding tert-OH is 8. The molecule has 10 N–H and O–H groups in total. The summed E-state index contributed by atoms with van der Waals surface area (Å²) in [6, 6.07) is 0. The molecule has 2 aliphatic rings. The molecular formula is C12H21O14P. The van der Waals surface area contributed by atoms with Crippen LogP contribution < -0.4 is 4.89 Å². The summed E-state index contributed by atoms with van der Waals surface area (Å²) in [5.41, 5.74) is -7.47. The maximum atomic E-state index is 11.5. The molecule has 2 heterocycles. The number of hydrogen-bond acceptors (Lipinski definition) is 14. The Labute approximate surface area is 151 Å². The topological polar surface area (TPSA) is 261 Å². The summed E-state index contributed by atoms with van der Waals surface area (Å²) in [5, 5.41) is 99.0. The van der Waals surface area contributed by atoms with Crippen LogP contribution in [0.3, 0.4) is 0 Å². The second-order valence-corrected chi connectivity index (χ2v) is 7.49. The van der Waals surface area contributed by atoms with E-state index in [2.05, 4.69) is 9.47 Å². The van der Waals surface area contributed by atoms with E-state index in [9.17, 15) is 55.4 Å². The van der Waals surface area contributed by atoms with Crippen LogP contribution in [-0.2, 0) is 14.0 Å². The van der Waals surface area contributed by atoms with Gasteiger partial charge in [0.1, 0.15) is 48.8 Å². The highest BCUT2D eigenvalue weighted by Crippen LogP contribution is 2.50. The zero-order valence-corrected chi connectivity index (χ0v) is 14.4. The third-order valence-electron chi connectivity index (χ3n) is 4.81. The number of hydrogen-bond donors (Lipinski definition) is 10. The van der Waals surface area contributed by atoms with Crippen molar-refractivity contribution >= 4 is 8.03 Å². The molecule has 2 fully saturated rings. The van der Waals surface area contributed by atoms with Gasteiger partial charge < -0.3 is 60.7 Å². The molecule has 2 saturated heterocycles. The fourth-order valence-corrected chi connectivity index (χ4v) is 3.91. The van der Waals surface area contributed by atoms with Crippen molar-refractivity contribution in [2.75, 3.05) is 6.61 Å². The Morgan fingerprint density at radius 2 is 1.56 bits per heavy atom. The molecule has 0 radical (unpaired) electrons. The first-order valence-corrected chi connectivity index (χ1v) is 8.82. The van der Waals surface area contributed by atoms with Gasteiger partial charge in [0.25, 0.3) is 0 Å². The van der Waals surface area contributed by atoms with Crippen LogP contribution in [0.5, 0.6) is 0 Å². The van der Waals surface area contributed by atoms with Gasteiger partial charge in [-0.05, 0) is 0 Å². The van der Waals surface area contributed by atoms with E-state index in [1.54, 1.807) is 0 Å². The Balaban J connectivity index is 2.49. The van der Waals surface area contributed by atoms with Crippen LogP contribution in [-0.4, -0.2) is 124 Å². The summed E-state index contributed by atoms with van der Waals surface area (Å²) in [6.45, 7) is -1.10. The summed E-state index contributed by atoms with van der Waals surface area (Å²) in [5.74, 6) is 0. The minimum absolute atomic E-state index is 1.10. The zero-order chi connectivity index (χ0) is 20.9. The van der Waals surface area contributed by atoms with Crippen molar-refractivity contribution in [2.24, 2.45) is 0 Å². The van der Waals surface area contributed by atoms with Crippen molar-refractivity contribution in [2.45, 2.75) is 66.3 Å². The van der Waals surface area contributed by atoms with Crippen LogP contribution in [0.1, 0.15) is 0 Å². The van der Waals surface area contributed by atoms with E-state index in [1.807, 2.05) is 0 Å². The largest absolute Gasteiger partial charge is 0.591 e. The van der Waals surface area contributed by atoms with Gasteiger partial charge in [-0.25, -0.2) is 0 Å². The summed E-state index contributed by atoms with van der Waals surface area (Å²) in [7, 11) is -4.24. The SMILES string of the molecule is O=[P+]([O-])[C@@]1(O)O[C@H](CO)[C@@H](O)[C@H](O)[C@]1(O)C(O)[C@H]1O[C@H](O)[C@@H](O)[C@@H](O)[C@@H]1O. The molecule has 0 aromatic carbocycles. The Kier molecular flexibility index (Phi) is 6.59. The second-order valence-electron chi connectivity index (χ2n) is 6.37. The van der Waals surface area contributed by atoms with Crippen LogP contribution in [0.4, 0.5) is 0 Å². The van der Waals surface area contributed by atoms with Crippen molar-refractivity contribution < 1.29 is 70.0 Å². The van der Waals surface area contributed by atoms with Crippen LogP contribution in [0.15, 0.2) is 0 Å². The van der Waals surface area contributed by atoms with Crippen LogP contribution in [0, 0.1) is 0 Å². The lowest BCUT2D eigenvalue weighted by Crippen LogP contribution is -2.79. The van der Waals surface area contributed by atoms with Gasteiger partial charge in [-0.3, -0.25) is 4.74 Å². The minimum atomic E-state index is -4.24. The molecule has 0 bridgehead atoms. The molecule has 158 valence electrons. The molecule has 15 heteroatoms. The quantitative estimate of drug-likeness (QED) is 0.189. The highest BCUT2D eigenvalue weighted by atomic mass is 31.1. The lowest BCUT2D eigenvalue weighted by atomic mass is 9.77. The van der Waals surface area contributed by atoms with Gasteiger partial charge in [0.15, 0.2) is 6.29 Å². The van der Waals surface area contributed by atoms with E-state index in [4.69, 9.17) is 5.11 Å². The van der Waals surface area contributed by atoms with E-state index >= 15 is 0 Å². The zero-order valence-electron chi connectivity index (χ0n) is 13.5. The third kappa shape index (κ3) is 3.31. The van der Waals surface area contributed by atoms with Crippen molar-refractivity contribution in [1.29, 1.82) is 0 Å². The van der Waals surface area contributed by atoms with Gasteiger partial charge in [0.2, 0.25) is 5.60 Å². The van der Waals surface area contributed by atoms with Crippen LogP contribution in [0.25, 0.3) is 0 Å². The minimum Gasteiger partial charge on any atom is -0.591 e. The standard InChI is InChI=1S/C12H21O14P/c13-1-2-3(14)8(18)11(21,12(22,26-2)27(23)24)9(19)7-5(16)4(15)6(17)10(20)25-7/h2-10,13-22H,1H2/t2-,3-,4+,5+,6+,7+,8+,9?,10+,11+,12+/m1/s1. The first kappa shape index (κ1) is 22.9. The van der Waals surface area contributed by atoms with Gasteiger partial charge >= 0.3 is 13.6 Å². The molecule has 0 saturated carbocycles. The third-order valence-corrected chi connectivity index (χ3v) is 5.77. The van der Waals surface area contributed by atoms with Crippen molar-refractivity contribution in [1.82, 2.24) is 0 Å². The highest BCUT2D eigenvalue weighted by molar-refractivity contribution is 7.38. The fourth-order valence-electron chi connectivity index (χ4n) is 3.13. The molecule has 0 aromatic heterocycles. The summed E-state index contributed by atoms with van der Waals surface area (Å²) in [4.78, 5) is 11.5. The van der Waals surface area contributed by atoms with Gasteiger partial charge in [-0.1, -0.05) is 4.57 Å². The molecule has 0 amide bonds. The average molecular weight is 420 g/mol. The van der Waals surface area contributed by atoms with Crippen LogP contribution in [0.2, 0.25) is 0 Å². The van der Waals surface area contributed by atoms with Gasteiger partial charge in [-0.2, -0.15) is 0 Å². The first-order valence-electron chi connectivity index (χ1n) is 7.64. The maximum Gasteiger partial charge on any atom is 0.405 e. The first-order chi connectivity index (χ1) is 12.3. The fraction of sp³-hybridized carbons (Fsp3) is 1.00. The molecule has 2 rings (SSSR count). The van der Waals surface area contributed by atoms with E-state index in [-0.39, 0.29) is 0 Å². The van der Waals surface area contributed by atoms with E-state index in [0.29, 0.717) is 0 Å². The summed E-state index contributed by atoms with van der Waals surface area (Å²) in [6.07, 6.45) is -20.5.